The van der Waals surface area contributed by atoms with Gasteiger partial charge in [0.2, 0.25) is 0 Å². The normalized spacial score (nSPS) is 27.5. The van der Waals surface area contributed by atoms with Crippen molar-refractivity contribution in [1.29, 1.82) is 0 Å². The third-order valence-corrected chi connectivity index (χ3v) is 3.47. The molecular weight excluding hydrogens is 180 g/mol. The molecular formula is C8H15F2NS. The molecule has 0 spiro atoms. The highest BCUT2D eigenvalue weighted by molar-refractivity contribution is 7.99. The summed E-state index contributed by atoms with van der Waals surface area (Å²) < 4.78 is 24.1. The Morgan fingerprint density at radius 2 is 2.25 bits per heavy atom. The molecule has 1 saturated heterocycles. The molecule has 1 aliphatic rings. The van der Waals surface area contributed by atoms with Crippen LogP contribution in [-0.4, -0.2) is 24.0 Å². The zero-order chi connectivity index (χ0) is 8.97. The van der Waals surface area contributed by atoms with Gasteiger partial charge in [0.05, 0.1) is 6.04 Å². The van der Waals surface area contributed by atoms with E-state index in [0.29, 0.717) is 12.3 Å². The van der Waals surface area contributed by atoms with Crippen molar-refractivity contribution in [3.63, 3.8) is 0 Å². The maximum atomic E-state index is 12.1. The summed E-state index contributed by atoms with van der Waals surface area (Å²) in [5.41, 5.74) is 5.29. The lowest BCUT2D eigenvalue weighted by Crippen LogP contribution is -2.32. The maximum absolute atomic E-state index is 12.1. The standard InChI is InChI=1S/C8H15F2NS/c9-8(10)7(11)4-6-2-1-3-12-5-6/h6-8H,1-5,11H2. The van der Waals surface area contributed by atoms with Gasteiger partial charge in [-0.05, 0) is 36.7 Å². The number of nitrogens with two attached hydrogens (primary N) is 1. The second-order valence-corrected chi connectivity index (χ2v) is 4.47. The van der Waals surface area contributed by atoms with Gasteiger partial charge in [0, 0.05) is 0 Å². The van der Waals surface area contributed by atoms with Crippen LogP contribution in [0.4, 0.5) is 8.78 Å². The molecule has 1 rings (SSSR count). The van der Waals surface area contributed by atoms with Gasteiger partial charge in [0.1, 0.15) is 0 Å². The average Bonchev–Trinajstić information content (AvgIpc) is 2.06. The molecule has 0 bridgehead atoms. The molecule has 2 atom stereocenters. The molecule has 12 heavy (non-hydrogen) atoms. The van der Waals surface area contributed by atoms with Crippen molar-refractivity contribution in [3.8, 4) is 0 Å². The first kappa shape index (κ1) is 10.3. The first-order valence-corrected chi connectivity index (χ1v) is 5.47. The summed E-state index contributed by atoms with van der Waals surface area (Å²) >= 11 is 1.86. The van der Waals surface area contributed by atoms with Crippen molar-refractivity contribution >= 4 is 11.8 Å². The molecule has 1 nitrogen and oxygen atoms in total. The van der Waals surface area contributed by atoms with Crippen LogP contribution >= 0.6 is 11.8 Å². The number of halogens is 2. The van der Waals surface area contributed by atoms with Crippen LogP contribution in [0.25, 0.3) is 0 Å². The van der Waals surface area contributed by atoms with Crippen molar-refractivity contribution in [2.24, 2.45) is 11.7 Å². The molecule has 2 N–H and O–H groups in total. The predicted molar refractivity (Wildman–Crippen MR) is 48.6 cm³/mol. The van der Waals surface area contributed by atoms with Crippen molar-refractivity contribution in [2.45, 2.75) is 31.7 Å². The third kappa shape index (κ3) is 3.27. The van der Waals surface area contributed by atoms with Crippen molar-refractivity contribution in [1.82, 2.24) is 0 Å². The molecule has 1 aliphatic heterocycles. The lowest BCUT2D eigenvalue weighted by Gasteiger charge is -2.23. The quantitative estimate of drug-likeness (QED) is 0.746. The summed E-state index contributed by atoms with van der Waals surface area (Å²) in [7, 11) is 0. The minimum absolute atomic E-state index is 0.424. The van der Waals surface area contributed by atoms with Crippen LogP contribution in [0.3, 0.4) is 0 Å². The molecule has 4 heteroatoms. The van der Waals surface area contributed by atoms with Crippen molar-refractivity contribution in [2.75, 3.05) is 11.5 Å². The van der Waals surface area contributed by atoms with Crippen LogP contribution in [0.2, 0.25) is 0 Å². The Hall–Kier alpha value is 0.170. The fraction of sp³-hybridized carbons (Fsp3) is 1.00. The monoisotopic (exact) mass is 195 g/mol. The Morgan fingerprint density at radius 1 is 1.50 bits per heavy atom. The lowest BCUT2D eigenvalue weighted by molar-refractivity contribution is 0.104. The summed E-state index contributed by atoms with van der Waals surface area (Å²) in [4.78, 5) is 0. The number of rotatable bonds is 3. The van der Waals surface area contributed by atoms with E-state index >= 15 is 0 Å². The SMILES string of the molecule is NC(CC1CCCSC1)C(F)F. The number of hydrogen-bond acceptors (Lipinski definition) is 2. The Morgan fingerprint density at radius 3 is 2.75 bits per heavy atom. The van der Waals surface area contributed by atoms with Crippen LogP contribution in [0.5, 0.6) is 0 Å². The van der Waals surface area contributed by atoms with E-state index < -0.39 is 12.5 Å². The minimum Gasteiger partial charge on any atom is -0.323 e. The predicted octanol–water partition coefficient (Wildman–Crippen LogP) is 2.11. The van der Waals surface area contributed by atoms with Crippen molar-refractivity contribution in [3.05, 3.63) is 0 Å². The highest BCUT2D eigenvalue weighted by Crippen LogP contribution is 2.26. The second-order valence-electron chi connectivity index (χ2n) is 3.32. The van der Waals surface area contributed by atoms with Gasteiger partial charge in [-0.1, -0.05) is 0 Å². The Kier molecular flexibility index (Phi) is 4.29. The molecule has 0 amide bonds. The smallest absolute Gasteiger partial charge is 0.253 e. The lowest BCUT2D eigenvalue weighted by atomic mass is 9.97. The van der Waals surface area contributed by atoms with Gasteiger partial charge in [-0.2, -0.15) is 11.8 Å². The fourth-order valence-electron chi connectivity index (χ4n) is 1.48. The van der Waals surface area contributed by atoms with E-state index in [1.54, 1.807) is 0 Å². The number of thioether (sulfide) groups is 1. The Labute approximate surface area is 76.1 Å². The van der Waals surface area contributed by atoms with E-state index in [1.807, 2.05) is 11.8 Å². The van der Waals surface area contributed by atoms with Gasteiger partial charge in [-0.25, -0.2) is 8.78 Å². The minimum atomic E-state index is -2.35. The summed E-state index contributed by atoms with van der Waals surface area (Å²) in [6.07, 6.45) is 0.376. The van der Waals surface area contributed by atoms with Gasteiger partial charge < -0.3 is 5.73 Å². The van der Waals surface area contributed by atoms with E-state index in [9.17, 15) is 8.78 Å². The fourth-order valence-corrected chi connectivity index (χ4v) is 2.65. The molecule has 0 aromatic heterocycles. The zero-order valence-electron chi connectivity index (χ0n) is 7.01. The van der Waals surface area contributed by atoms with Crippen LogP contribution in [0.15, 0.2) is 0 Å². The topological polar surface area (TPSA) is 26.0 Å². The van der Waals surface area contributed by atoms with Crippen LogP contribution in [0, 0.1) is 5.92 Å². The molecule has 72 valence electrons. The van der Waals surface area contributed by atoms with E-state index in [4.69, 9.17) is 5.73 Å². The highest BCUT2D eigenvalue weighted by Gasteiger charge is 2.22. The second kappa shape index (κ2) is 5.02. The van der Waals surface area contributed by atoms with E-state index in [0.717, 1.165) is 18.6 Å². The molecule has 0 aliphatic carbocycles. The molecule has 2 unspecified atom stereocenters. The van der Waals surface area contributed by atoms with Gasteiger partial charge in [-0.3, -0.25) is 0 Å². The summed E-state index contributed by atoms with van der Waals surface area (Å²) in [6.45, 7) is 0. The van der Waals surface area contributed by atoms with Crippen LogP contribution in [0.1, 0.15) is 19.3 Å². The average molecular weight is 195 g/mol. The first-order chi connectivity index (χ1) is 5.70. The molecule has 0 aromatic rings. The molecule has 0 radical (unpaired) electrons. The molecule has 1 heterocycles. The summed E-state index contributed by atoms with van der Waals surface area (Å²) in [5, 5.41) is 0. The Bertz CT molecular complexity index is 126. The van der Waals surface area contributed by atoms with Crippen LogP contribution in [-0.2, 0) is 0 Å². The van der Waals surface area contributed by atoms with Crippen molar-refractivity contribution < 1.29 is 8.78 Å². The molecule has 1 fully saturated rings. The third-order valence-electron chi connectivity index (χ3n) is 2.18. The van der Waals surface area contributed by atoms with Gasteiger partial charge >= 0.3 is 0 Å². The largest absolute Gasteiger partial charge is 0.323 e. The number of alkyl halides is 2. The Balaban J connectivity index is 2.20. The summed E-state index contributed by atoms with van der Waals surface area (Å²) in [5.74, 6) is 2.62. The zero-order valence-corrected chi connectivity index (χ0v) is 7.83. The van der Waals surface area contributed by atoms with E-state index in [1.165, 1.54) is 5.75 Å². The van der Waals surface area contributed by atoms with E-state index in [2.05, 4.69) is 0 Å². The van der Waals surface area contributed by atoms with Gasteiger partial charge in [0.15, 0.2) is 0 Å². The highest BCUT2D eigenvalue weighted by atomic mass is 32.2. The van der Waals surface area contributed by atoms with Crippen LogP contribution < -0.4 is 5.73 Å². The van der Waals surface area contributed by atoms with E-state index in [-0.39, 0.29) is 0 Å². The van der Waals surface area contributed by atoms with Gasteiger partial charge in [-0.15, -0.1) is 0 Å². The van der Waals surface area contributed by atoms with Gasteiger partial charge in [0.25, 0.3) is 6.43 Å². The number of hydrogen-bond donors (Lipinski definition) is 1. The maximum Gasteiger partial charge on any atom is 0.253 e. The first-order valence-electron chi connectivity index (χ1n) is 4.31. The molecule has 0 aromatic carbocycles. The molecule has 0 saturated carbocycles. The summed E-state index contributed by atoms with van der Waals surface area (Å²) in [6, 6.07) is -0.909.